The molecule has 2 aliphatic rings. The number of nitrogens with zero attached hydrogens (tertiary/aromatic N) is 3. The Hall–Kier alpha value is -2.48. The van der Waals surface area contributed by atoms with E-state index in [0.717, 1.165) is 31.5 Å². The summed E-state index contributed by atoms with van der Waals surface area (Å²) in [7, 11) is -3.50. The van der Waals surface area contributed by atoms with Gasteiger partial charge in [0.05, 0.1) is 6.04 Å². The SMILES string of the molecule is O=C(C1CCCN1Cc1ccccc1)N1CCN(S(=O)(=O)/C=C/c2ccccc2)CC1. The maximum atomic E-state index is 13.2. The first-order valence-electron chi connectivity index (χ1n) is 10.8. The van der Waals surface area contributed by atoms with Crippen molar-refractivity contribution in [1.82, 2.24) is 14.1 Å². The van der Waals surface area contributed by atoms with E-state index < -0.39 is 10.0 Å². The van der Waals surface area contributed by atoms with Crippen LogP contribution in [0, 0.1) is 0 Å². The van der Waals surface area contributed by atoms with Crippen LogP contribution in [0.5, 0.6) is 0 Å². The summed E-state index contributed by atoms with van der Waals surface area (Å²) in [5.74, 6) is 0.130. The molecule has 7 heteroatoms. The Kier molecular flexibility index (Phi) is 6.85. The summed E-state index contributed by atoms with van der Waals surface area (Å²) < 4.78 is 26.8. The fraction of sp³-hybridized carbons (Fsp3) is 0.375. The van der Waals surface area contributed by atoms with Gasteiger partial charge in [0, 0.05) is 38.1 Å². The molecule has 164 valence electrons. The molecule has 2 fully saturated rings. The number of likely N-dealkylation sites (tertiary alicyclic amines) is 1. The van der Waals surface area contributed by atoms with Crippen molar-refractivity contribution in [3.05, 3.63) is 77.2 Å². The molecule has 2 aromatic rings. The third kappa shape index (κ3) is 5.42. The molecule has 2 saturated heterocycles. The second-order valence-corrected chi connectivity index (χ2v) is 9.92. The predicted molar refractivity (Wildman–Crippen MR) is 122 cm³/mol. The lowest BCUT2D eigenvalue weighted by atomic mass is 10.1. The van der Waals surface area contributed by atoms with Crippen molar-refractivity contribution in [2.24, 2.45) is 0 Å². The Morgan fingerprint density at radius 3 is 2.23 bits per heavy atom. The van der Waals surface area contributed by atoms with Crippen LogP contribution in [0.2, 0.25) is 0 Å². The van der Waals surface area contributed by atoms with Gasteiger partial charge in [0.1, 0.15) is 0 Å². The second kappa shape index (κ2) is 9.77. The van der Waals surface area contributed by atoms with Gasteiger partial charge in [0.2, 0.25) is 15.9 Å². The van der Waals surface area contributed by atoms with E-state index in [-0.39, 0.29) is 11.9 Å². The zero-order valence-corrected chi connectivity index (χ0v) is 18.5. The van der Waals surface area contributed by atoms with E-state index >= 15 is 0 Å². The number of rotatable bonds is 6. The first-order chi connectivity index (χ1) is 15.0. The summed E-state index contributed by atoms with van der Waals surface area (Å²) in [4.78, 5) is 17.3. The molecule has 0 spiro atoms. The van der Waals surface area contributed by atoms with Crippen LogP contribution in [-0.4, -0.2) is 67.2 Å². The van der Waals surface area contributed by atoms with E-state index in [9.17, 15) is 13.2 Å². The molecule has 2 heterocycles. The highest BCUT2D eigenvalue weighted by Crippen LogP contribution is 2.23. The molecule has 31 heavy (non-hydrogen) atoms. The van der Waals surface area contributed by atoms with E-state index in [2.05, 4.69) is 17.0 Å². The first-order valence-corrected chi connectivity index (χ1v) is 12.3. The van der Waals surface area contributed by atoms with E-state index in [4.69, 9.17) is 0 Å². The molecule has 0 saturated carbocycles. The van der Waals surface area contributed by atoms with Gasteiger partial charge in [-0.05, 0) is 36.6 Å². The topological polar surface area (TPSA) is 60.9 Å². The lowest BCUT2D eigenvalue weighted by molar-refractivity contribution is -0.137. The van der Waals surface area contributed by atoms with Crippen molar-refractivity contribution in [1.29, 1.82) is 0 Å². The van der Waals surface area contributed by atoms with Gasteiger partial charge in [0.15, 0.2) is 0 Å². The normalized spacial score (nSPS) is 21.0. The lowest BCUT2D eigenvalue weighted by Gasteiger charge is -2.36. The van der Waals surface area contributed by atoms with Gasteiger partial charge in [-0.25, -0.2) is 8.42 Å². The Bertz CT molecular complexity index is 1000. The molecule has 0 N–H and O–H groups in total. The van der Waals surface area contributed by atoms with E-state index in [1.807, 2.05) is 53.4 Å². The Labute approximate surface area is 184 Å². The molecule has 6 nitrogen and oxygen atoms in total. The third-order valence-corrected chi connectivity index (χ3v) is 7.58. The Balaban J connectivity index is 1.33. The monoisotopic (exact) mass is 439 g/mol. The number of hydrogen-bond donors (Lipinski definition) is 0. The largest absolute Gasteiger partial charge is 0.339 e. The fourth-order valence-corrected chi connectivity index (χ4v) is 5.47. The molecular formula is C24H29N3O3S. The highest BCUT2D eigenvalue weighted by molar-refractivity contribution is 7.92. The van der Waals surface area contributed by atoms with Gasteiger partial charge in [-0.2, -0.15) is 4.31 Å². The predicted octanol–water partition coefficient (Wildman–Crippen LogP) is 2.80. The number of amides is 1. The van der Waals surface area contributed by atoms with Crippen molar-refractivity contribution in [2.45, 2.75) is 25.4 Å². The Morgan fingerprint density at radius 2 is 1.55 bits per heavy atom. The highest BCUT2D eigenvalue weighted by Gasteiger charge is 2.36. The van der Waals surface area contributed by atoms with Gasteiger partial charge >= 0.3 is 0 Å². The average molecular weight is 440 g/mol. The standard InChI is InChI=1S/C24H29N3O3S/c28-24(23-12-7-14-26(23)20-22-10-5-2-6-11-22)25-15-17-27(18-16-25)31(29,30)19-13-21-8-3-1-4-9-21/h1-6,8-11,13,19,23H,7,12,14-18,20H2/b19-13+. The number of carbonyl (C=O) groups is 1. The molecule has 2 aromatic carbocycles. The summed E-state index contributed by atoms with van der Waals surface area (Å²) in [5.41, 5.74) is 2.06. The maximum absolute atomic E-state index is 13.2. The molecule has 0 bridgehead atoms. The zero-order valence-electron chi connectivity index (χ0n) is 17.6. The molecule has 1 atom stereocenters. The van der Waals surface area contributed by atoms with Crippen molar-refractivity contribution in [3.8, 4) is 0 Å². The van der Waals surface area contributed by atoms with Crippen LogP contribution in [0.1, 0.15) is 24.0 Å². The van der Waals surface area contributed by atoms with Crippen molar-refractivity contribution in [3.63, 3.8) is 0 Å². The highest BCUT2D eigenvalue weighted by atomic mass is 32.2. The van der Waals surface area contributed by atoms with Crippen LogP contribution >= 0.6 is 0 Å². The molecule has 0 radical (unpaired) electrons. The molecule has 0 aliphatic carbocycles. The van der Waals surface area contributed by atoms with E-state index in [1.54, 1.807) is 6.08 Å². The van der Waals surface area contributed by atoms with Crippen molar-refractivity contribution < 1.29 is 13.2 Å². The number of carbonyl (C=O) groups excluding carboxylic acids is 1. The molecular weight excluding hydrogens is 410 g/mol. The van der Waals surface area contributed by atoms with Gasteiger partial charge in [-0.1, -0.05) is 60.7 Å². The third-order valence-electron chi connectivity index (χ3n) is 6.02. The van der Waals surface area contributed by atoms with Crippen LogP contribution in [-0.2, 0) is 21.4 Å². The first kappa shape index (κ1) is 21.7. The van der Waals surface area contributed by atoms with Gasteiger partial charge in [0.25, 0.3) is 0 Å². The maximum Gasteiger partial charge on any atom is 0.240 e. The number of hydrogen-bond acceptors (Lipinski definition) is 4. The molecule has 0 aromatic heterocycles. The second-order valence-electron chi connectivity index (χ2n) is 8.10. The van der Waals surface area contributed by atoms with Crippen molar-refractivity contribution in [2.75, 3.05) is 32.7 Å². The quantitative estimate of drug-likeness (QED) is 0.695. The summed E-state index contributed by atoms with van der Waals surface area (Å²) in [6, 6.07) is 19.5. The molecule has 4 rings (SSSR count). The van der Waals surface area contributed by atoms with Crippen LogP contribution in [0.4, 0.5) is 0 Å². The molecule has 1 unspecified atom stereocenters. The lowest BCUT2D eigenvalue weighted by Crippen LogP contribution is -2.54. The molecule has 1 amide bonds. The summed E-state index contributed by atoms with van der Waals surface area (Å²) in [5, 5.41) is 1.26. The van der Waals surface area contributed by atoms with Crippen LogP contribution < -0.4 is 0 Å². The van der Waals surface area contributed by atoms with E-state index in [0.29, 0.717) is 26.2 Å². The van der Waals surface area contributed by atoms with Gasteiger partial charge in [-0.15, -0.1) is 0 Å². The minimum absolute atomic E-state index is 0.110. The van der Waals surface area contributed by atoms with Gasteiger partial charge < -0.3 is 4.90 Å². The summed E-state index contributed by atoms with van der Waals surface area (Å²) >= 11 is 0. The smallest absolute Gasteiger partial charge is 0.240 e. The number of benzene rings is 2. The molecule has 2 aliphatic heterocycles. The van der Waals surface area contributed by atoms with Crippen LogP contribution in [0.25, 0.3) is 6.08 Å². The Morgan fingerprint density at radius 1 is 0.903 bits per heavy atom. The van der Waals surface area contributed by atoms with Crippen LogP contribution in [0.15, 0.2) is 66.1 Å². The van der Waals surface area contributed by atoms with Gasteiger partial charge in [-0.3, -0.25) is 9.69 Å². The van der Waals surface area contributed by atoms with Crippen molar-refractivity contribution >= 4 is 22.0 Å². The average Bonchev–Trinajstić information content (AvgIpc) is 3.27. The zero-order chi connectivity index (χ0) is 21.7. The van der Waals surface area contributed by atoms with Crippen LogP contribution in [0.3, 0.4) is 0 Å². The summed E-state index contributed by atoms with van der Waals surface area (Å²) in [6.45, 7) is 3.23. The fourth-order valence-electron chi connectivity index (χ4n) is 4.30. The number of sulfonamides is 1. The minimum Gasteiger partial charge on any atom is -0.339 e. The van der Waals surface area contributed by atoms with E-state index in [1.165, 1.54) is 15.3 Å². The minimum atomic E-state index is -3.50. The number of piperazine rings is 1. The summed E-state index contributed by atoms with van der Waals surface area (Å²) in [6.07, 6.45) is 3.50.